The molecule has 112 valence electrons. The van der Waals surface area contributed by atoms with Crippen molar-refractivity contribution in [1.29, 1.82) is 0 Å². The average Bonchev–Trinajstić information content (AvgIpc) is 2.45. The van der Waals surface area contributed by atoms with E-state index in [1.807, 2.05) is 30.3 Å². The Morgan fingerprint density at radius 2 is 1.81 bits per heavy atom. The van der Waals surface area contributed by atoms with Gasteiger partial charge in [-0.05, 0) is 43.0 Å². The fourth-order valence-corrected chi connectivity index (χ4v) is 2.49. The van der Waals surface area contributed by atoms with Crippen LogP contribution < -0.4 is 0 Å². The quantitative estimate of drug-likeness (QED) is 0.474. The van der Waals surface area contributed by atoms with E-state index >= 15 is 0 Å². The minimum Gasteiger partial charge on any atom is -0.384 e. The monoisotopic (exact) mass is 346 g/mol. The summed E-state index contributed by atoms with van der Waals surface area (Å²) >= 11 is 3.42. The minimum absolute atomic E-state index is 0.509. The molecule has 0 bridgehead atoms. The minimum atomic E-state index is -0.925. The van der Waals surface area contributed by atoms with Crippen LogP contribution >= 0.6 is 15.9 Å². The van der Waals surface area contributed by atoms with Crippen molar-refractivity contribution in [3.8, 4) is 0 Å². The first-order chi connectivity index (χ1) is 10.1. The summed E-state index contributed by atoms with van der Waals surface area (Å²) in [6.45, 7) is 9.60. The summed E-state index contributed by atoms with van der Waals surface area (Å²) in [5.74, 6) is 0. The van der Waals surface area contributed by atoms with E-state index in [1.165, 1.54) is 0 Å². The molecule has 1 rings (SSSR count). The lowest BCUT2D eigenvalue weighted by Gasteiger charge is -2.27. The van der Waals surface area contributed by atoms with Crippen LogP contribution in [-0.2, 0) is 0 Å². The van der Waals surface area contributed by atoms with Crippen LogP contribution in [0.1, 0.15) is 38.2 Å². The van der Waals surface area contributed by atoms with Gasteiger partial charge in [-0.2, -0.15) is 0 Å². The molecule has 2 heteroatoms. The molecular weight excluding hydrogens is 324 g/mol. The van der Waals surface area contributed by atoms with Crippen LogP contribution in [0.3, 0.4) is 0 Å². The van der Waals surface area contributed by atoms with E-state index in [-0.39, 0.29) is 0 Å². The van der Waals surface area contributed by atoms with Crippen molar-refractivity contribution in [2.75, 3.05) is 0 Å². The number of halogens is 1. The summed E-state index contributed by atoms with van der Waals surface area (Å²) in [7, 11) is 0. The van der Waals surface area contributed by atoms with E-state index in [1.54, 1.807) is 12.2 Å². The predicted octanol–water partition coefficient (Wildman–Crippen LogP) is 5.67. The molecule has 21 heavy (non-hydrogen) atoms. The molecule has 0 radical (unpaired) electrons. The van der Waals surface area contributed by atoms with Crippen molar-refractivity contribution in [2.45, 2.75) is 38.2 Å². The third kappa shape index (κ3) is 5.51. The van der Waals surface area contributed by atoms with E-state index in [0.29, 0.717) is 12.8 Å². The normalized spacial score (nSPS) is 10.6. The first-order valence-corrected chi connectivity index (χ1v) is 8.01. The van der Waals surface area contributed by atoms with Crippen LogP contribution in [0.4, 0.5) is 0 Å². The second-order valence-corrected chi connectivity index (χ2v) is 6.00. The van der Waals surface area contributed by atoms with Gasteiger partial charge in [-0.15, -0.1) is 18.9 Å². The van der Waals surface area contributed by atoms with Gasteiger partial charge in [-0.3, -0.25) is 0 Å². The third-order valence-corrected chi connectivity index (χ3v) is 3.84. The number of benzene rings is 1. The summed E-state index contributed by atoms with van der Waals surface area (Å²) in [6, 6.07) is 8.01. The Hall–Kier alpha value is -1.34. The van der Waals surface area contributed by atoms with Gasteiger partial charge in [0.25, 0.3) is 0 Å². The zero-order chi connectivity index (χ0) is 15.7. The van der Waals surface area contributed by atoms with Gasteiger partial charge >= 0.3 is 0 Å². The molecule has 1 N–H and O–H groups in total. The average molecular weight is 347 g/mol. The number of hydrogen-bond donors (Lipinski definition) is 1. The highest BCUT2D eigenvalue weighted by Gasteiger charge is 2.28. The molecule has 0 unspecified atom stereocenters. The smallest absolute Gasteiger partial charge is 0.0998 e. The Labute approximate surface area is 136 Å². The molecule has 0 fully saturated rings. The molecule has 1 nitrogen and oxygen atoms in total. The van der Waals surface area contributed by atoms with Crippen LogP contribution in [0.5, 0.6) is 0 Å². The molecule has 0 amide bonds. The zero-order valence-electron chi connectivity index (χ0n) is 12.6. The Kier molecular flexibility index (Phi) is 7.45. The number of rotatable bonds is 8. The van der Waals surface area contributed by atoms with Gasteiger partial charge in [-0.25, -0.2) is 0 Å². The molecule has 0 aliphatic rings. The van der Waals surface area contributed by atoms with Crippen molar-refractivity contribution >= 4 is 22.0 Å². The van der Waals surface area contributed by atoms with Gasteiger partial charge in [0.1, 0.15) is 0 Å². The Morgan fingerprint density at radius 1 is 1.24 bits per heavy atom. The largest absolute Gasteiger partial charge is 0.384 e. The van der Waals surface area contributed by atoms with Crippen LogP contribution in [0.15, 0.2) is 65.4 Å². The summed E-state index contributed by atoms with van der Waals surface area (Å²) in [6.07, 6.45) is 8.22. The second kappa shape index (κ2) is 8.84. The molecule has 0 aromatic heterocycles. The van der Waals surface area contributed by atoms with Gasteiger partial charge in [-0.1, -0.05) is 53.6 Å². The molecule has 1 aromatic rings. The van der Waals surface area contributed by atoms with Crippen molar-refractivity contribution in [2.24, 2.45) is 0 Å². The maximum Gasteiger partial charge on any atom is 0.0998 e. The van der Waals surface area contributed by atoms with Crippen LogP contribution in [0.2, 0.25) is 0 Å². The summed E-state index contributed by atoms with van der Waals surface area (Å²) in [5, 5.41) is 10.9. The molecule has 0 heterocycles. The topological polar surface area (TPSA) is 20.2 Å². The lowest BCUT2D eigenvalue weighted by Crippen LogP contribution is -2.29. The highest BCUT2D eigenvalue weighted by molar-refractivity contribution is 9.10. The van der Waals surface area contributed by atoms with Gasteiger partial charge in [0.2, 0.25) is 0 Å². The first kappa shape index (κ1) is 17.7. The lowest BCUT2D eigenvalue weighted by atomic mass is 9.85. The van der Waals surface area contributed by atoms with Crippen molar-refractivity contribution in [3.05, 3.63) is 70.9 Å². The fourth-order valence-electron chi connectivity index (χ4n) is 2.23. The van der Waals surface area contributed by atoms with E-state index in [2.05, 4.69) is 41.7 Å². The third-order valence-electron chi connectivity index (χ3n) is 3.31. The van der Waals surface area contributed by atoms with Crippen molar-refractivity contribution < 1.29 is 5.11 Å². The zero-order valence-corrected chi connectivity index (χ0v) is 14.2. The predicted molar refractivity (Wildman–Crippen MR) is 95.1 cm³/mol. The molecular formula is C19H23BrO. The molecule has 0 atom stereocenters. The molecule has 1 aromatic carbocycles. The summed E-state index contributed by atoms with van der Waals surface area (Å²) in [5.41, 5.74) is 4.34. The standard InChI is InChI=1S/C19H23BrO/c1-4-7-17(19(21,14-5-2)15-6-3)11-8-16-9-12-18(20)13-10-16/h5-6,8-10,12-13,21H,2-4,7,14-15H2,1H3. The second-order valence-electron chi connectivity index (χ2n) is 5.09. The van der Waals surface area contributed by atoms with Crippen LogP contribution in [0, 0.1) is 0 Å². The van der Waals surface area contributed by atoms with Crippen LogP contribution in [-0.4, -0.2) is 10.7 Å². The maximum atomic E-state index is 10.9. The number of aliphatic hydroxyl groups is 1. The molecule has 0 aliphatic heterocycles. The SMILES string of the molecule is C=CCC(O)(CC=C)C(=C=Cc1ccc(Br)cc1)CCC. The van der Waals surface area contributed by atoms with Gasteiger partial charge in [0.15, 0.2) is 0 Å². The Bertz CT molecular complexity index is 523. The van der Waals surface area contributed by atoms with E-state index < -0.39 is 5.60 Å². The maximum absolute atomic E-state index is 10.9. The fraction of sp³-hybridized carbons (Fsp3) is 0.316. The molecule has 0 saturated carbocycles. The Balaban J connectivity index is 3.18. The first-order valence-electron chi connectivity index (χ1n) is 7.21. The van der Waals surface area contributed by atoms with Gasteiger partial charge < -0.3 is 5.11 Å². The summed E-state index contributed by atoms with van der Waals surface area (Å²) in [4.78, 5) is 0. The molecule has 0 aliphatic carbocycles. The van der Waals surface area contributed by atoms with Crippen molar-refractivity contribution in [3.63, 3.8) is 0 Å². The van der Waals surface area contributed by atoms with Gasteiger partial charge in [0.05, 0.1) is 5.60 Å². The molecule has 0 saturated heterocycles. The Morgan fingerprint density at radius 3 is 2.29 bits per heavy atom. The van der Waals surface area contributed by atoms with E-state index in [9.17, 15) is 5.11 Å². The molecule has 0 spiro atoms. The lowest BCUT2D eigenvalue weighted by molar-refractivity contribution is 0.0813. The number of hydrogen-bond acceptors (Lipinski definition) is 1. The van der Waals surface area contributed by atoms with E-state index in [4.69, 9.17) is 0 Å². The van der Waals surface area contributed by atoms with Crippen LogP contribution in [0.25, 0.3) is 6.08 Å². The summed E-state index contributed by atoms with van der Waals surface area (Å²) < 4.78 is 1.05. The van der Waals surface area contributed by atoms with Gasteiger partial charge in [0, 0.05) is 10.0 Å². The van der Waals surface area contributed by atoms with Crippen molar-refractivity contribution in [1.82, 2.24) is 0 Å². The highest BCUT2D eigenvalue weighted by Crippen LogP contribution is 2.29. The van der Waals surface area contributed by atoms with E-state index in [0.717, 1.165) is 28.5 Å². The highest BCUT2D eigenvalue weighted by atomic mass is 79.9.